The van der Waals surface area contributed by atoms with Crippen molar-refractivity contribution in [3.63, 3.8) is 0 Å². The lowest BCUT2D eigenvalue weighted by molar-refractivity contribution is -0.115. The molecule has 0 saturated heterocycles. The number of ether oxygens (including phenoxy) is 1. The Labute approximate surface area is 108 Å². The van der Waals surface area contributed by atoms with E-state index in [0.717, 1.165) is 16.8 Å². The molecule has 1 amide bonds. The van der Waals surface area contributed by atoms with Crippen LogP contribution in [0.15, 0.2) is 24.4 Å². The number of amides is 1. The summed E-state index contributed by atoms with van der Waals surface area (Å²) in [5.41, 5.74) is 3.36. The van der Waals surface area contributed by atoms with Gasteiger partial charge in [-0.05, 0) is 23.3 Å². The molecule has 0 spiro atoms. The number of H-pyrrole nitrogens is 1. The summed E-state index contributed by atoms with van der Waals surface area (Å²) in [6, 6.07) is 5.61. The minimum absolute atomic E-state index is 0.00740. The van der Waals surface area contributed by atoms with Crippen LogP contribution < -0.4 is 5.32 Å². The first-order chi connectivity index (χ1) is 9.17. The van der Waals surface area contributed by atoms with Gasteiger partial charge in [-0.1, -0.05) is 6.07 Å². The Morgan fingerprint density at radius 2 is 2.26 bits per heavy atom. The smallest absolute Gasteiger partial charge is 0.374 e. The number of esters is 1. The highest BCUT2D eigenvalue weighted by molar-refractivity contribution is 5.99. The average molecular weight is 257 g/mol. The highest BCUT2D eigenvalue weighted by Gasteiger charge is 2.18. The first-order valence-electron chi connectivity index (χ1n) is 5.74. The van der Waals surface area contributed by atoms with Crippen molar-refractivity contribution in [1.82, 2.24) is 9.97 Å². The summed E-state index contributed by atoms with van der Waals surface area (Å²) in [6.07, 6.45) is 1.94. The van der Waals surface area contributed by atoms with Crippen molar-refractivity contribution in [3.8, 4) is 11.3 Å². The van der Waals surface area contributed by atoms with Crippen molar-refractivity contribution in [1.29, 1.82) is 0 Å². The number of carbonyl (C=O) groups is 2. The van der Waals surface area contributed by atoms with Gasteiger partial charge in [0.15, 0.2) is 0 Å². The first kappa shape index (κ1) is 11.5. The lowest BCUT2D eigenvalue weighted by Crippen LogP contribution is -2.03. The number of nitrogens with zero attached hydrogens (tertiary/aromatic N) is 1. The topological polar surface area (TPSA) is 84.1 Å². The quantitative estimate of drug-likeness (QED) is 0.795. The Morgan fingerprint density at radius 3 is 3.05 bits per heavy atom. The summed E-state index contributed by atoms with van der Waals surface area (Å²) >= 11 is 0. The fourth-order valence-electron chi connectivity index (χ4n) is 2.07. The normalized spacial score (nSPS) is 13.0. The number of anilines is 1. The molecule has 2 aromatic rings. The highest BCUT2D eigenvalue weighted by Crippen LogP contribution is 2.28. The van der Waals surface area contributed by atoms with Crippen LogP contribution in [-0.2, 0) is 16.0 Å². The van der Waals surface area contributed by atoms with E-state index < -0.39 is 5.97 Å². The molecule has 1 aliphatic rings. The van der Waals surface area contributed by atoms with E-state index in [4.69, 9.17) is 0 Å². The fourth-order valence-corrected chi connectivity index (χ4v) is 2.07. The third-order valence-corrected chi connectivity index (χ3v) is 3.00. The maximum Gasteiger partial charge on any atom is 0.374 e. The van der Waals surface area contributed by atoms with Crippen molar-refractivity contribution < 1.29 is 14.3 Å². The minimum Gasteiger partial charge on any atom is -0.463 e. The number of aromatic amines is 1. The SMILES string of the molecule is COC(=O)c1ncc(-c2ccc3c(c2)CC(=O)N3)[nH]1. The maximum atomic E-state index is 11.3. The van der Waals surface area contributed by atoms with Gasteiger partial charge >= 0.3 is 5.97 Å². The molecule has 0 atom stereocenters. The first-order valence-corrected chi connectivity index (χ1v) is 5.74. The van der Waals surface area contributed by atoms with Crippen molar-refractivity contribution in [2.75, 3.05) is 12.4 Å². The molecular weight excluding hydrogens is 246 g/mol. The molecule has 0 fully saturated rings. The Bertz CT molecular complexity index is 676. The van der Waals surface area contributed by atoms with E-state index in [0.29, 0.717) is 12.1 Å². The lowest BCUT2D eigenvalue weighted by Gasteiger charge is -2.01. The molecule has 2 N–H and O–H groups in total. The molecule has 1 aromatic carbocycles. The molecule has 0 radical (unpaired) electrons. The molecule has 0 aliphatic carbocycles. The Morgan fingerprint density at radius 1 is 1.42 bits per heavy atom. The van der Waals surface area contributed by atoms with E-state index in [1.165, 1.54) is 7.11 Å². The number of aromatic nitrogens is 2. The van der Waals surface area contributed by atoms with Gasteiger partial charge in [-0.15, -0.1) is 0 Å². The van der Waals surface area contributed by atoms with Crippen molar-refractivity contribution in [2.24, 2.45) is 0 Å². The number of hydrogen-bond acceptors (Lipinski definition) is 4. The van der Waals surface area contributed by atoms with Crippen LogP contribution in [0.4, 0.5) is 5.69 Å². The van der Waals surface area contributed by atoms with Crippen LogP contribution in [0, 0.1) is 0 Å². The summed E-state index contributed by atoms with van der Waals surface area (Å²) in [5.74, 6) is -0.358. The molecule has 3 rings (SSSR count). The van der Waals surface area contributed by atoms with Crippen LogP contribution in [-0.4, -0.2) is 29.0 Å². The van der Waals surface area contributed by atoms with Crippen molar-refractivity contribution in [2.45, 2.75) is 6.42 Å². The third kappa shape index (κ3) is 1.97. The average Bonchev–Trinajstić information content (AvgIpc) is 3.01. The van der Waals surface area contributed by atoms with E-state index in [9.17, 15) is 9.59 Å². The predicted molar refractivity (Wildman–Crippen MR) is 67.7 cm³/mol. The largest absolute Gasteiger partial charge is 0.463 e. The van der Waals surface area contributed by atoms with Gasteiger partial charge in [0.25, 0.3) is 0 Å². The number of benzene rings is 1. The van der Waals surface area contributed by atoms with E-state index in [2.05, 4.69) is 20.0 Å². The van der Waals surface area contributed by atoms with Crippen LogP contribution in [0.2, 0.25) is 0 Å². The molecule has 0 unspecified atom stereocenters. The number of methoxy groups -OCH3 is 1. The number of carbonyl (C=O) groups excluding carboxylic acids is 2. The number of fused-ring (bicyclic) bond motifs is 1. The van der Waals surface area contributed by atoms with Crippen molar-refractivity contribution >= 4 is 17.6 Å². The molecule has 0 saturated carbocycles. The molecular formula is C13H11N3O3. The predicted octanol–water partition coefficient (Wildman–Crippen LogP) is 1.36. The van der Waals surface area contributed by atoms with Gasteiger partial charge in [0.1, 0.15) is 0 Å². The summed E-state index contributed by atoms with van der Waals surface area (Å²) in [4.78, 5) is 29.5. The van der Waals surface area contributed by atoms with Crippen LogP contribution >= 0.6 is 0 Å². The van der Waals surface area contributed by atoms with Gasteiger partial charge in [0.05, 0.1) is 25.4 Å². The zero-order chi connectivity index (χ0) is 13.4. The Kier molecular flexibility index (Phi) is 2.56. The monoisotopic (exact) mass is 257 g/mol. The second-order valence-electron chi connectivity index (χ2n) is 4.23. The van der Waals surface area contributed by atoms with Gasteiger partial charge in [0.2, 0.25) is 11.7 Å². The van der Waals surface area contributed by atoms with Crippen LogP contribution in [0.25, 0.3) is 11.3 Å². The van der Waals surface area contributed by atoms with Gasteiger partial charge in [-0.3, -0.25) is 4.79 Å². The highest BCUT2D eigenvalue weighted by atomic mass is 16.5. The van der Waals surface area contributed by atoms with Gasteiger partial charge in [-0.25, -0.2) is 9.78 Å². The minimum atomic E-state index is -0.510. The Balaban J connectivity index is 1.95. The van der Waals surface area contributed by atoms with E-state index in [-0.39, 0.29) is 11.7 Å². The van der Waals surface area contributed by atoms with E-state index in [1.54, 1.807) is 6.20 Å². The number of rotatable bonds is 2. The second-order valence-corrected chi connectivity index (χ2v) is 4.23. The van der Waals surface area contributed by atoms with Gasteiger partial charge < -0.3 is 15.0 Å². The van der Waals surface area contributed by atoms with Crippen LogP contribution in [0.1, 0.15) is 16.2 Å². The molecule has 19 heavy (non-hydrogen) atoms. The van der Waals surface area contributed by atoms with Gasteiger partial charge in [0, 0.05) is 5.69 Å². The molecule has 6 heteroatoms. The van der Waals surface area contributed by atoms with E-state index >= 15 is 0 Å². The summed E-state index contributed by atoms with van der Waals surface area (Å²) in [7, 11) is 1.30. The third-order valence-electron chi connectivity index (χ3n) is 3.00. The van der Waals surface area contributed by atoms with E-state index in [1.807, 2.05) is 18.2 Å². The van der Waals surface area contributed by atoms with Gasteiger partial charge in [-0.2, -0.15) is 0 Å². The molecule has 1 aromatic heterocycles. The van der Waals surface area contributed by atoms with Crippen molar-refractivity contribution in [3.05, 3.63) is 35.8 Å². The number of nitrogens with one attached hydrogen (secondary N) is 2. The standard InChI is InChI=1S/C13H11N3O3/c1-19-13(18)12-14-6-10(16-12)7-2-3-9-8(4-7)5-11(17)15-9/h2-4,6H,5H2,1H3,(H,14,16)(H,15,17). The Hall–Kier alpha value is -2.63. The fraction of sp³-hybridized carbons (Fsp3) is 0.154. The molecule has 0 bridgehead atoms. The molecule has 1 aliphatic heterocycles. The molecule has 2 heterocycles. The lowest BCUT2D eigenvalue weighted by atomic mass is 10.1. The second kappa shape index (κ2) is 4.24. The molecule has 96 valence electrons. The molecule has 6 nitrogen and oxygen atoms in total. The maximum absolute atomic E-state index is 11.3. The zero-order valence-electron chi connectivity index (χ0n) is 10.2. The zero-order valence-corrected chi connectivity index (χ0v) is 10.2. The summed E-state index contributed by atoms with van der Waals surface area (Å²) < 4.78 is 4.59. The van der Waals surface area contributed by atoms with Crippen LogP contribution in [0.3, 0.4) is 0 Å². The van der Waals surface area contributed by atoms with Crippen LogP contribution in [0.5, 0.6) is 0 Å². The summed E-state index contributed by atoms with van der Waals surface area (Å²) in [6.45, 7) is 0. The number of imidazole rings is 1. The summed E-state index contributed by atoms with van der Waals surface area (Å²) in [5, 5.41) is 2.77. The number of hydrogen-bond donors (Lipinski definition) is 2.